The quantitative estimate of drug-likeness (QED) is 0.308. The summed E-state index contributed by atoms with van der Waals surface area (Å²) < 4.78 is 14.0. The van der Waals surface area contributed by atoms with E-state index in [0.717, 1.165) is 39.1 Å². The van der Waals surface area contributed by atoms with Gasteiger partial charge in [0.25, 0.3) is 0 Å². The van der Waals surface area contributed by atoms with Gasteiger partial charge in [0.1, 0.15) is 5.83 Å². The maximum atomic E-state index is 14.0. The first-order valence-electron chi connectivity index (χ1n) is 10.4. The van der Waals surface area contributed by atoms with Crippen LogP contribution in [0.3, 0.4) is 0 Å². The third-order valence-corrected chi connectivity index (χ3v) is 5.56. The van der Waals surface area contributed by atoms with Crippen LogP contribution in [0.1, 0.15) is 65.5 Å². The minimum atomic E-state index is -0.422. The number of benzene rings is 1. The second-order valence-electron chi connectivity index (χ2n) is 8.35. The normalized spacial score (nSPS) is 14.3. The lowest BCUT2D eigenvalue weighted by atomic mass is 9.88. The maximum Gasteiger partial charge on any atom is 0.123 e. The largest absolute Gasteiger partial charge is 0.207 e. The highest BCUT2D eigenvalue weighted by Gasteiger charge is 2.11. The molecule has 0 aliphatic heterocycles. The van der Waals surface area contributed by atoms with Gasteiger partial charge in [0.15, 0.2) is 0 Å². The fraction of sp³-hybridized carbons (Fsp3) is 0.310. The van der Waals surface area contributed by atoms with E-state index in [-0.39, 0.29) is 0 Å². The number of halogens is 1. The first kappa shape index (κ1) is 25.4. The molecular formula is C29H37F. The Labute approximate surface area is 182 Å². The van der Waals surface area contributed by atoms with Gasteiger partial charge in [0, 0.05) is 5.56 Å². The smallest absolute Gasteiger partial charge is 0.123 e. The molecule has 0 atom stereocenters. The van der Waals surface area contributed by atoms with Crippen molar-refractivity contribution in [3.8, 4) is 0 Å². The van der Waals surface area contributed by atoms with Crippen molar-refractivity contribution in [3.63, 3.8) is 0 Å². The summed E-state index contributed by atoms with van der Waals surface area (Å²) in [6, 6.07) is 3.80. The Balaban J connectivity index is 3.81. The van der Waals surface area contributed by atoms with E-state index in [1.807, 2.05) is 39.0 Å². The molecule has 0 aliphatic rings. The van der Waals surface area contributed by atoms with Crippen LogP contribution in [0, 0.1) is 6.92 Å². The summed E-state index contributed by atoms with van der Waals surface area (Å²) in [7, 11) is 0. The molecule has 0 aromatic heterocycles. The van der Waals surface area contributed by atoms with Crippen LogP contribution in [0.2, 0.25) is 0 Å². The lowest BCUT2D eigenvalue weighted by Crippen LogP contribution is -2.27. The van der Waals surface area contributed by atoms with Crippen molar-refractivity contribution >= 4 is 18.0 Å². The predicted octanol–water partition coefficient (Wildman–Crippen LogP) is 7.66. The molecule has 1 rings (SSSR count). The topological polar surface area (TPSA) is 0 Å². The van der Waals surface area contributed by atoms with E-state index in [2.05, 4.69) is 60.1 Å². The van der Waals surface area contributed by atoms with Gasteiger partial charge < -0.3 is 0 Å². The second kappa shape index (κ2) is 10.9. The minimum absolute atomic E-state index is 0.422. The molecule has 0 bridgehead atoms. The lowest BCUT2D eigenvalue weighted by molar-refractivity contribution is 0.761. The summed E-state index contributed by atoms with van der Waals surface area (Å²) in [5.41, 5.74) is 9.67. The molecule has 1 aromatic carbocycles. The van der Waals surface area contributed by atoms with Crippen molar-refractivity contribution in [1.29, 1.82) is 0 Å². The standard InChI is InChI=1S/C29H37F/c1-12-13-26(29-17-28(25(11)30)21(7)15-22(29)8)16-27(19(4)5)24(10)23(9)20(6)14-18(2)3/h12-13,15,17H,2,4,8,11,14,16H2,1,3,5-7,9-10H3/b13-12-,23-20+,27-24-,29-26+. The van der Waals surface area contributed by atoms with Crippen LogP contribution >= 0.6 is 0 Å². The number of hydrogen-bond acceptors (Lipinski definition) is 0. The second-order valence-corrected chi connectivity index (χ2v) is 8.35. The minimum Gasteiger partial charge on any atom is -0.207 e. The highest BCUT2D eigenvalue weighted by atomic mass is 19.1. The molecule has 1 heteroatoms. The molecule has 0 spiro atoms. The van der Waals surface area contributed by atoms with Gasteiger partial charge in [0.2, 0.25) is 0 Å². The first-order valence-corrected chi connectivity index (χ1v) is 10.4. The molecule has 0 unspecified atom stereocenters. The Hall–Kier alpha value is -2.67. The Morgan fingerprint density at radius 2 is 1.57 bits per heavy atom. The van der Waals surface area contributed by atoms with Crippen molar-refractivity contribution < 1.29 is 4.39 Å². The molecule has 0 radical (unpaired) electrons. The van der Waals surface area contributed by atoms with Crippen LogP contribution in [0.15, 0.2) is 77.5 Å². The van der Waals surface area contributed by atoms with Crippen LogP contribution in [0.5, 0.6) is 0 Å². The average Bonchev–Trinajstić information content (AvgIpc) is 2.63. The number of allylic oxidation sites excluding steroid dienone is 8. The van der Waals surface area contributed by atoms with Crippen molar-refractivity contribution in [3.05, 3.63) is 99.0 Å². The van der Waals surface area contributed by atoms with Crippen LogP contribution in [-0.4, -0.2) is 0 Å². The van der Waals surface area contributed by atoms with Crippen LogP contribution in [0.4, 0.5) is 4.39 Å². The Morgan fingerprint density at radius 1 is 0.967 bits per heavy atom. The Morgan fingerprint density at radius 3 is 2.03 bits per heavy atom. The third-order valence-electron chi connectivity index (χ3n) is 5.56. The van der Waals surface area contributed by atoms with Crippen molar-refractivity contribution in [2.75, 3.05) is 0 Å². The summed E-state index contributed by atoms with van der Waals surface area (Å²) in [4.78, 5) is 0. The van der Waals surface area contributed by atoms with E-state index in [0.29, 0.717) is 12.0 Å². The number of aryl methyl sites for hydroxylation is 1. The van der Waals surface area contributed by atoms with Gasteiger partial charge in [-0.2, -0.15) is 0 Å². The van der Waals surface area contributed by atoms with E-state index < -0.39 is 5.83 Å². The Kier molecular flexibility index (Phi) is 9.23. The van der Waals surface area contributed by atoms with E-state index in [1.54, 1.807) is 0 Å². The highest BCUT2D eigenvalue weighted by molar-refractivity contribution is 5.66. The Bertz CT molecular complexity index is 1070. The zero-order valence-corrected chi connectivity index (χ0v) is 19.9. The zero-order chi connectivity index (χ0) is 23.2. The van der Waals surface area contributed by atoms with Gasteiger partial charge in [-0.05, 0) is 106 Å². The van der Waals surface area contributed by atoms with E-state index in [9.17, 15) is 4.39 Å². The summed E-state index contributed by atoms with van der Waals surface area (Å²) in [6.07, 6.45) is 5.69. The lowest BCUT2D eigenvalue weighted by Gasteiger charge is -2.17. The molecule has 0 aliphatic carbocycles. The fourth-order valence-corrected chi connectivity index (χ4v) is 3.73. The van der Waals surface area contributed by atoms with E-state index >= 15 is 0 Å². The molecule has 0 saturated carbocycles. The summed E-state index contributed by atoms with van der Waals surface area (Å²) in [5.74, 6) is -0.422. The molecule has 1 aromatic rings. The van der Waals surface area contributed by atoms with Crippen LogP contribution in [0.25, 0.3) is 18.0 Å². The van der Waals surface area contributed by atoms with Gasteiger partial charge in [0.05, 0.1) is 0 Å². The fourth-order valence-electron chi connectivity index (χ4n) is 3.73. The molecular weight excluding hydrogens is 367 g/mol. The van der Waals surface area contributed by atoms with Crippen LogP contribution in [-0.2, 0) is 0 Å². The summed E-state index contributed by atoms with van der Waals surface area (Å²) >= 11 is 0. The average molecular weight is 405 g/mol. The van der Waals surface area contributed by atoms with Crippen molar-refractivity contribution in [2.24, 2.45) is 0 Å². The summed E-state index contributed by atoms with van der Waals surface area (Å²) in [5, 5.41) is 1.83. The van der Waals surface area contributed by atoms with Crippen molar-refractivity contribution in [1.82, 2.24) is 0 Å². The molecule has 0 amide bonds. The number of rotatable bonds is 8. The molecule has 0 N–H and O–H groups in total. The van der Waals surface area contributed by atoms with Gasteiger partial charge >= 0.3 is 0 Å². The van der Waals surface area contributed by atoms with Gasteiger partial charge in [-0.1, -0.05) is 61.3 Å². The highest BCUT2D eigenvalue weighted by Crippen LogP contribution is 2.29. The maximum absolute atomic E-state index is 14.0. The molecule has 0 saturated heterocycles. The molecule has 0 heterocycles. The molecule has 30 heavy (non-hydrogen) atoms. The van der Waals surface area contributed by atoms with Gasteiger partial charge in [-0.15, -0.1) is 0 Å². The molecule has 0 nitrogen and oxygen atoms in total. The van der Waals surface area contributed by atoms with Gasteiger partial charge in [-0.3, -0.25) is 0 Å². The summed E-state index contributed by atoms with van der Waals surface area (Å²) in [6.45, 7) is 30.4. The third kappa shape index (κ3) is 6.42. The molecule has 160 valence electrons. The number of hydrogen-bond donors (Lipinski definition) is 0. The first-order chi connectivity index (χ1) is 13.9. The predicted molar refractivity (Wildman–Crippen MR) is 134 cm³/mol. The van der Waals surface area contributed by atoms with Crippen molar-refractivity contribution in [2.45, 2.75) is 61.3 Å². The van der Waals surface area contributed by atoms with Gasteiger partial charge in [-0.25, -0.2) is 4.39 Å². The van der Waals surface area contributed by atoms with E-state index in [4.69, 9.17) is 0 Å². The molecule has 0 fully saturated rings. The SMILES string of the molecule is C=C(C)C/C(C)=C(C)/C(C)=C(/CC(/C=C\C)=c1\cc(C(=C)F)c(C)cc1=C)C(=C)C. The van der Waals surface area contributed by atoms with E-state index in [1.165, 1.54) is 22.3 Å². The monoisotopic (exact) mass is 404 g/mol. The zero-order valence-electron chi connectivity index (χ0n) is 19.9. The van der Waals surface area contributed by atoms with Crippen LogP contribution < -0.4 is 10.4 Å².